The highest BCUT2D eigenvalue weighted by molar-refractivity contribution is 5.89. The number of hydrogen-bond acceptors (Lipinski definition) is 3. The summed E-state index contributed by atoms with van der Waals surface area (Å²) in [5.41, 5.74) is 0.665. The Kier molecular flexibility index (Phi) is 5.02. The molecule has 0 radical (unpaired) electrons. The fraction of sp³-hybridized carbons (Fsp3) is 0.680. The first kappa shape index (κ1) is 18.4. The first-order valence-electron chi connectivity index (χ1n) is 11.5. The standard InChI is InChI=1S/C25H32O3/c26-19-8-12-21-17(14-19)6-10-24-22-13-9-20(15-18(22)7-11-23(21)24)28-25(27)16-4-2-1-3-5-16/h1-5,17-18,20-24H,6-15H2/t17-,18-,20-,21-,22+,23+,24-/m0/s1. The number of carbonyl (C=O) groups excluding carboxylic acids is 2. The van der Waals surface area contributed by atoms with Crippen molar-refractivity contribution in [3.63, 3.8) is 0 Å². The fourth-order valence-corrected chi connectivity index (χ4v) is 7.33. The van der Waals surface area contributed by atoms with Gasteiger partial charge in [0.25, 0.3) is 0 Å². The van der Waals surface area contributed by atoms with Crippen LogP contribution in [0.25, 0.3) is 0 Å². The van der Waals surface area contributed by atoms with Gasteiger partial charge in [0, 0.05) is 12.8 Å². The van der Waals surface area contributed by atoms with Crippen LogP contribution in [-0.2, 0) is 9.53 Å². The summed E-state index contributed by atoms with van der Waals surface area (Å²) in [5, 5.41) is 0. The minimum absolute atomic E-state index is 0.0918. The summed E-state index contributed by atoms with van der Waals surface area (Å²) in [4.78, 5) is 24.3. The second kappa shape index (κ2) is 7.65. The lowest BCUT2D eigenvalue weighted by Gasteiger charge is -2.54. The van der Waals surface area contributed by atoms with Crippen molar-refractivity contribution < 1.29 is 14.3 Å². The Morgan fingerprint density at radius 1 is 0.786 bits per heavy atom. The molecule has 0 amide bonds. The lowest BCUT2D eigenvalue weighted by molar-refractivity contribution is -0.127. The molecule has 3 nitrogen and oxygen atoms in total. The molecule has 1 aromatic carbocycles. The first-order valence-corrected chi connectivity index (χ1v) is 11.5. The lowest BCUT2D eigenvalue weighted by Crippen LogP contribution is -2.48. The molecule has 0 N–H and O–H groups in total. The van der Waals surface area contributed by atoms with Gasteiger partial charge in [-0.25, -0.2) is 4.79 Å². The van der Waals surface area contributed by atoms with Crippen molar-refractivity contribution in [2.45, 2.75) is 70.3 Å². The minimum atomic E-state index is -0.162. The summed E-state index contributed by atoms with van der Waals surface area (Å²) in [6.07, 6.45) is 11.5. The van der Waals surface area contributed by atoms with E-state index in [0.717, 1.165) is 61.7 Å². The van der Waals surface area contributed by atoms with Crippen LogP contribution in [0, 0.1) is 35.5 Å². The van der Waals surface area contributed by atoms with E-state index in [1.807, 2.05) is 30.3 Å². The predicted octanol–water partition coefficient (Wildman–Crippen LogP) is 5.43. The summed E-state index contributed by atoms with van der Waals surface area (Å²) in [6.45, 7) is 0. The highest BCUT2D eigenvalue weighted by Gasteiger charge is 2.49. The number of ketones is 1. The molecule has 0 bridgehead atoms. The molecular weight excluding hydrogens is 348 g/mol. The summed E-state index contributed by atoms with van der Waals surface area (Å²) in [6, 6.07) is 9.39. The molecule has 0 unspecified atom stereocenters. The third kappa shape index (κ3) is 3.42. The van der Waals surface area contributed by atoms with Gasteiger partial charge in [0.1, 0.15) is 11.9 Å². The third-order valence-corrected chi connectivity index (χ3v) is 8.52. The highest BCUT2D eigenvalue weighted by Crippen LogP contribution is 2.56. The van der Waals surface area contributed by atoms with Crippen molar-refractivity contribution in [1.82, 2.24) is 0 Å². The van der Waals surface area contributed by atoms with Gasteiger partial charge in [0.15, 0.2) is 0 Å². The highest BCUT2D eigenvalue weighted by atomic mass is 16.5. The lowest BCUT2D eigenvalue weighted by atomic mass is 9.51. The van der Waals surface area contributed by atoms with E-state index >= 15 is 0 Å². The Morgan fingerprint density at radius 3 is 2.25 bits per heavy atom. The van der Waals surface area contributed by atoms with Crippen LogP contribution in [0.1, 0.15) is 74.6 Å². The number of esters is 1. The van der Waals surface area contributed by atoms with Gasteiger partial charge in [-0.2, -0.15) is 0 Å². The molecule has 4 fully saturated rings. The fourth-order valence-electron chi connectivity index (χ4n) is 7.33. The topological polar surface area (TPSA) is 43.4 Å². The van der Waals surface area contributed by atoms with Crippen LogP contribution in [0.4, 0.5) is 0 Å². The van der Waals surface area contributed by atoms with Crippen LogP contribution >= 0.6 is 0 Å². The first-order chi connectivity index (χ1) is 13.7. The molecule has 0 spiro atoms. The molecule has 3 heteroatoms. The van der Waals surface area contributed by atoms with E-state index in [4.69, 9.17) is 4.74 Å². The van der Waals surface area contributed by atoms with Gasteiger partial charge in [-0.05, 0) is 99.0 Å². The maximum absolute atomic E-state index is 12.4. The van der Waals surface area contributed by atoms with Gasteiger partial charge >= 0.3 is 5.97 Å². The van der Waals surface area contributed by atoms with E-state index in [-0.39, 0.29) is 12.1 Å². The predicted molar refractivity (Wildman–Crippen MR) is 108 cm³/mol. The van der Waals surface area contributed by atoms with Crippen LogP contribution in [0.2, 0.25) is 0 Å². The third-order valence-electron chi connectivity index (χ3n) is 8.52. The zero-order valence-electron chi connectivity index (χ0n) is 16.7. The van der Waals surface area contributed by atoms with Crippen LogP contribution in [0.3, 0.4) is 0 Å². The Morgan fingerprint density at radius 2 is 1.46 bits per heavy atom. The molecule has 0 saturated heterocycles. The largest absolute Gasteiger partial charge is 0.459 e. The van der Waals surface area contributed by atoms with Crippen LogP contribution in [0.5, 0.6) is 0 Å². The molecule has 0 aliphatic heterocycles. The molecule has 1 aromatic rings. The number of ether oxygens (including phenoxy) is 1. The molecule has 0 heterocycles. The average molecular weight is 381 g/mol. The van der Waals surface area contributed by atoms with Crippen LogP contribution in [-0.4, -0.2) is 17.9 Å². The number of rotatable bonds is 2. The molecule has 0 aromatic heterocycles. The Balaban J connectivity index is 1.22. The molecule has 4 aliphatic carbocycles. The number of carbonyl (C=O) groups is 2. The second-order valence-electron chi connectivity index (χ2n) is 9.82. The smallest absolute Gasteiger partial charge is 0.338 e. The molecule has 4 saturated carbocycles. The SMILES string of the molecule is O=C1CC[C@H]2[C@@H](CC[C@@H]3[C@@H]2CC[C@H]2C[C@@H](OC(=O)c4ccccc4)CC[C@H]23)C1. The Hall–Kier alpha value is -1.64. The molecule has 150 valence electrons. The van der Waals surface area contributed by atoms with Crippen molar-refractivity contribution in [3.05, 3.63) is 35.9 Å². The number of Topliss-reactive ketones (excluding diaryl/α,β-unsaturated/α-hetero) is 1. The Bertz CT molecular complexity index is 727. The molecule has 7 atom stereocenters. The van der Waals surface area contributed by atoms with Gasteiger partial charge in [0.05, 0.1) is 5.56 Å². The van der Waals surface area contributed by atoms with E-state index < -0.39 is 0 Å². The van der Waals surface area contributed by atoms with Gasteiger partial charge in [-0.3, -0.25) is 4.79 Å². The van der Waals surface area contributed by atoms with E-state index in [2.05, 4.69) is 0 Å². The van der Waals surface area contributed by atoms with Crippen LogP contribution < -0.4 is 0 Å². The van der Waals surface area contributed by atoms with Crippen molar-refractivity contribution in [2.24, 2.45) is 35.5 Å². The molecular formula is C25H32O3. The van der Waals surface area contributed by atoms with Gasteiger partial charge < -0.3 is 4.74 Å². The number of fused-ring (bicyclic) bond motifs is 5. The van der Waals surface area contributed by atoms with Crippen molar-refractivity contribution in [2.75, 3.05) is 0 Å². The van der Waals surface area contributed by atoms with E-state index in [9.17, 15) is 9.59 Å². The van der Waals surface area contributed by atoms with E-state index in [0.29, 0.717) is 17.3 Å². The zero-order chi connectivity index (χ0) is 19.1. The monoisotopic (exact) mass is 380 g/mol. The second-order valence-corrected chi connectivity index (χ2v) is 9.82. The summed E-state index contributed by atoms with van der Waals surface area (Å²) < 4.78 is 5.88. The molecule has 28 heavy (non-hydrogen) atoms. The number of hydrogen-bond donors (Lipinski definition) is 0. The van der Waals surface area contributed by atoms with E-state index in [1.165, 1.54) is 32.1 Å². The summed E-state index contributed by atoms with van der Waals surface area (Å²) in [5.74, 6) is 5.11. The zero-order valence-corrected chi connectivity index (χ0v) is 16.7. The average Bonchev–Trinajstić information content (AvgIpc) is 2.73. The maximum Gasteiger partial charge on any atom is 0.338 e. The molecule has 4 aliphatic rings. The summed E-state index contributed by atoms with van der Waals surface area (Å²) >= 11 is 0. The van der Waals surface area contributed by atoms with Crippen molar-refractivity contribution >= 4 is 11.8 Å². The van der Waals surface area contributed by atoms with Crippen molar-refractivity contribution in [1.29, 1.82) is 0 Å². The minimum Gasteiger partial charge on any atom is -0.459 e. The van der Waals surface area contributed by atoms with Crippen LogP contribution in [0.15, 0.2) is 30.3 Å². The van der Waals surface area contributed by atoms with Crippen molar-refractivity contribution in [3.8, 4) is 0 Å². The quantitative estimate of drug-likeness (QED) is 0.642. The Labute approximate surface area is 168 Å². The van der Waals surface area contributed by atoms with E-state index in [1.54, 1.807) is 0 Å². The molecule has 5 rings (SSSR count). The van der Waals surface area contributed by atoms with Gasteiger partial charge in [-0.15, -0.1) is 0 Å². The van der Waals surface area contributed by atoms with Gasteiger partial charge in [0.2, 0.25) is 0 Å². The number of benzene rings is 1. The normalized spacial score (nSPS) is 40.0. The summed E-state index contributed by atoms with van der Waals surface area (Å²) in [7, 11) is 0. The van der Waals surface area contributed by atoms with Gasteiger partial charge in [-0.1, -0.05) is 18.2 Å². The maximum atomic E-state index is 12.4.